The Balaban J connectivity index is 1.73. The van der Waals surface area contributed by atoms with Crippen LogP contribution < -0.4 is 10.9 Å². The number of nitrogens with one attached hydrogen (secondary N) is 1. The minimum Gasteiger partial charge on any atom is -0.458 e. The molecule has 3 rings (SSSR count). The van der Waals surface area contributed by atoms with Crippen molar-refractivity contribution in [1.29, 1.82) is 0 Å². The summed E-state index contributed by atoms with van der Waals surface area (Å²) in [6, 6.07) is 4.34. The fourth-order valence-corrected chi connectivity index (χ4v) is 3.45. The average Bonchev–Trinajstić information content (AvgIpc) is 3.12. The maximum absolute atomic E-state index is 12.5. The largest absolute Gasteiger partial charge is 0.458 e. The molecule has 1 fully saturated rings. The van der Waals surface area contributed by atoms with Crippen molar-refractivity contribution in [2.45, 2.75) is 52.2 Å². The smallest absolute Gasteiger partial charge is 0.329 e. The molecule has 1 saturated carbocycles. The molecule has 138 valence electrons. The van der Waals surface area contributed by atoms with Gasteiger partial charge in [-0.25, -0.2) is 9.78 Å². The maximum atomic E-state index is 12.5. The van der Waals surface area contributed by atoms with Gasteiger partial charge in [-0.15, -0.1) is 0 Å². The van der Waals surface area contributed by atoms with Gasteiger partial charge < -0.3 is 10.1 Å². The van der Waals surface area contributed by atoms with Crippen molar-refractivity contribution in [3.8, 4) is 0 Å². The lowest BCUT2D eigenvalue weighted by Gasteiger charge is -2.22. The number of pyridine rings is 1. The number of carbonyl (C=O) groups excluding carboxylic acids is 2. The monoisotopic (exact) mass is 357 g/mol. The molecule has 1 atom stereocenters. The minimum absolute atomic E-state index is 0.0960. The fourth-order valence-electron chi connectivity index (χ4n) is 3.45. The van der Waals surface area contributed by atoms with Crippen LogP contribution in [0.25, 0.3) is 5.65 Å². The van der Waals surface area contributed by atoms with Crippen LogP contribution in [0.1, 0.15) is 43.9 Å². The van der Waals surface area contributed by atoms with E-state index in [0.29, 0.717) is 11.3 Å². The van der Waals surface area contributed by atoms with E-state index in [1.807, 2.05) is 13.0 Å². The Kier molecular flexibility index (Phi) is 5.35. The Labute approximate surface area is 151 Å². The second kappa shape index (κ2) is 7.68. The molecular formula is C19H23N3O4. The summed E-state index contributed by atoms with van der Waals surface area (Å²) in [4.78, 5) is 40.5. The quantitative estimate of drug-likeness (QED) is 0.823. The third-order valence-electron chi connectivity index (χ3n) is 4.71. The molecule has 0 bridgehead atoms. The van der Waals surface area contributed by atoms with Crippen LogP contribution in [0.15, 0.2) is 29.2 Å². The molecule has 1 unspecified atom stereocenters. The van der Waals surface area contributed by atoms with Crippen LogP contribution in [0.3, 0.4) is 0 Å². The number of amides is 1. The average molecular weight is 357 g/mol. The predicted molar refractivity (Wildman–Crippen MR) is 95.6 cm³/mol. The van der Waals surface area contributed by atoms with Gasteiger partial charge in [0.15, 0.2) is 0 Å². The molecule has 1 amide bonds. The third kappa shape index (κ3) is 4.09. The number of aryl methyl sites for hydroxylation is 1. The van der Waals surface area contributed by atoms with E-state index in [1.54, 1.807) is 12.3 Å². The van der Waals surface area contributed by atoms with Crippen molar-refractivity contribution in [2.75, 3.05) is 0 Å². The number of hydrogen-bond donors (Lipinski definition) is 1. The first-order chi connectivity index (χ1) is 12.4. The number of esters is 1. The highest BCUT2D eigenvalue weighted by molar-refractivity contribution is 5.83. The highest BCUT2D eigenvalue weighted by atomic mass is 16.5. The van der Waals surface area contributed by atoms with Gasteiger partial charge >= 0.3 is 5.97 Å². The second-order valence-electron chi connectivity index (χ2n) is 6.85. The topological polar surface area (TPSA) is 89.8 Å². The van der Waals surface area contributed by atoms with Crippen LogP contribution in [0.4, 0.5) is 0 Å². The number of rotatable bonds is 5. The first-order valence-electron chi connectivity index (χ1n) is 8.87. The zero-order chi connectivity index (χ0) is 18.7. The van der Waals surface area contributed by atoms with Crippen molar-refractivity contribution in [3.63, 3.8) is 0 Å². The SMILES string of the molecule is CC(=O)NC(C(=O)OCc1cc(=O)n2cc(C)ccc2n1)C1CCCC1. The molecule has 0 aromatic carbocycles. The van der Waals surface area contributed by atoms with E-state index in [4.69, 9.17) is 4.74 Å². The van der Waals surface area contributed by atoms with Gasteiger partial charge in [0.2, 0.25) is 5.91 Å². The van der Waals surface area contributed by atoms with Crippen molar-refractivity contribution >= 4 is 17.5 Å². The summed E-state index contributed by atoms with van der Waals surface area (Å²) < 4.78 is 6.82. The summed E-state index contributed by atoms with van der Waals surface area (Å²) >= 11 is 0. The lowest BCUT2D eigenvalue weighted by atomic mass is 9.98. The molecule has 7 heteroatoms. The van der Waals surface area contributed by atoms with E-state index >= 15 is 0 Å². The number of carbonyl (C=O) groups is 2. The van der Waals surface area contributed by atoms with Gasteiger partial charge in [0.05, 0.1) is 5.69 Å². The van der Waals surface area contributed by atoms with Crippen LogP contribution >= 0.6 is 0 Å². The van der Waals surface area contributed by atoms with Crippen LogP contribution in [-0.2, 0) is 20.9 Å². The molecule has 2 aromatic heterocycles. The Morgan fingerprint density at radius 2 is 2.08 bits per heavy atom. The number of fused-ring (bicyclic) bond motifs is 1. The van der Waals surface area contributed by atoms with E-state index in [9.17, 15) is 14.4 Å². The molecule has 0 radical (unpaired) electrons. The third-order valence-corrected chi connectivity index (χ3v) is 4.71. The fraction of sp³-hybridized carbons (Fsp3) is 0.474. The van der Waals surface area contributed by atoms with Crippen LogP contribution in [-0.4, -0.2) is 27.3 Å². The molecule has 0 saturated heterocycles. The lowest BCUT2D eigenvalue weighted by molar-refractivity contribution is -0.150. The summed E-state index contributed by atoms with van der Waals surface area (Å²) in [5.41, 5.74) is 1.62. The van der Waals surface area contributed by atoms with Gasteiger partial charge in [0.25, 0.3) is 5.56 Å². The first-order valence-corrected chi connectivity index (χ1v) is 8.87. The van der Waals surface area contributed by atoms with Crippen molar-refractivity contribution < 1.29 is 14.3 Å². The van der Waals surface area contributed by atoms with Crippen molar-refractivity contribution in [2.24, 2.45) is 5.92 Å². The Morgan fingerprint density at radius 1 is 1.35 bits per heavy atom. The maximum Gasteiger partial charge on any atom is 0.329 e. The molecule has 7 nitrogen and oxygen atoms in total. The van der Waals surface area contributed by atoms with E-state index in [2.05, 4.69) is 10.3 Å². The van der Waals surface area contributed by atoms with Crippen LogP contribution in [0.5, 0.6) is 0 Å². The second-order valence-corrected chi connectivity index (χ2v) is 6.85. The minimum atomic E-state index is -0.640. The highest BCUT2D eigenvalue weighted by Gasteiger charge is 2.32. The Hall–Kier alpha value is -2.70. The molecule has 1 aliphatic carbocycles. The summed E-state index contributed by atoms with van der Waals surface area (Å²) in [7, 11) is 0. The van der Waals surface area contributed by atoms with Gasteiger partial charge in [-0.05, 0) is 37.3 Å². The highest BCUT2D eigenvalue weighted by Crippen LogP contribution is 2.28. The first kappa shape index (κ1) is 18.1. The van der Waals surface area contributed by atoms with E-state index in [-0.39, 0.29) is 24.0 Å². The molecule has 0 spiro atoms. The van der Waals surface area contributed by atoms with Crippen LogP contribution in [0.2, 0.25) is 0 Å². The summed E-state index contributed by atoms with van der Waals surface area (Å²) in [6.45, 7) is 3.19. The molecule has 2 aromatic rings. The van der Waals surface area contributed by atoms with E-state index in [0.717, 1.165) is 31.2 Å². The molecule has 26 heavy (non-hydrogen) atoms. The zero-order valence-electron chi connectivity index (χ0n) is 15.0. The Morgan fingerprint density at radius 3 is 2.77 bits per heavy atom. The van der Waals surface area contributed by atoms with Crippen molar-refractivity contribution in [1.82, 2.24) is 14.7 Å². The summed E-state index contributed by atoms with van der Waals surface area (Å²) in [6.07, 6.45) is 5.62. The van der Waals surface area contributed by atoms with Gasteiger partial charge in [-0.2, -0.15) is 0 Å². The molecule has 0 aliphatic heterocycles. The summed E-state index contributed by atoms with van der Waals surface area (Å²) in [5, 5.41) is 2.71. The van der Waals surface area contributed by atoms with Gasteiger partial charge in [0.1, 0.15) is 18.3 Å². The number of nitrogens with zero attached hydrogens (tertiary/aromatic N) is 2. The van der Waals surface area contributed by atoms with E-state index in [1.165, 1.54) is 17.4 Å². The Bertz CT molecular complexity index is 884. The summed E-state index contributed by atoms with van der Waals surface area (Å²) in [5.74, 6) is -0.626. The molecular weight excluding hydrogens is 334 g/mol. The number of hydrogen-bond acceptors (Lipinski definition) is 5. The number of ether oxygens (including phenoxy) is 1. The molecule has 1 aliphatic rings. The molecule has 1 N–H and O–H groups in total. The van der Waals surface area contributed by atoms with Crippen molar-refractivity contribution in [3.05, 3.63) is 46.0 Å². The van der Waals surface area contributed by atoms with Gasteiger partial charge in [-0.1, -0.05) is 18.9 Å². The zero-order valence-corrected chi connectivity index (χ0v) is 15.0. The van der Waals surface area contributed by atoms with Gasteiger partial charge in [0, 0.05) is 19.2 Å². The predicted octanol–water partition coefficient (Wildman–Crippen LogP) is 1.74. The number of aromatic nitrogens is 2. The van der Waals surface area contributed by atoms with Crippen LogP contribution in [0, 0.1) is 12.8 Å². The molecule has 2 heterocycles. The van der Waals surface area contributed by atoms with Gasteiger partial charge in [-0.3, -0.25) is 14.0 Å². The normalized spacial score (nSPS) is 15.8. The van der Waals surface area contributed by atoms with E-state index < -0.39 is 12.0 Å². The standard InChI is InChI=1S/C19H23N3O4/c1-12-7-8-16-21-15(9-17(24)22(16)10-12)11-26-19(25)18(20-13(2)23)14-5-3-4-6-14/h7-10,14,18H,3-6,11H2,1-2H3,(H,20,23). The lowest BCUT2D eigenvalue weighted by Crippen LogP contribution is -2.45.